The Hall–Kier alpha value is -1.79. The van der Waals surface area contributed by atoms with E-state index < -0.39 is 24.0 Å². The molecule has 0 spiro atoms. The van der Waals surface area contributed by atoms with Crippen LogP contribution in [0.2, 0.25) is 10.0 Å². The van der Waals surface area contributed by atoms with Crippen LogP contribution in [0.5, 0.6) is 0 Å². The number of carboxylic acid groups (broad SMARTS) is 1. The molecule has 1 aromatic carbocycles. The highest BCUT2D eigenvalue weighted by Crippen LogP contribution is 2.24. The van der Waals surface area contributed by atoms with Gasteiger partial charge in [0, 0.05) is 22.2 Å². The number of amides is 2. The van der Waals surface area contributed by atoms with Gasteiger partial charge < -0.3 is 15.3 Å². The van der Waals surface area contributed by atoms with Gasteiger partial charge >= 0.3 is 5.97 Å². The molecule has 0 bridgehead atoms. The van der Waals surface area contributed by atoms with Gasteiger partial charge in [-0.1, -0.05) is 36.5 Å². The molecule has 8 heteroatoms. The summed E-state index contributed by atoms with van der Waals surface area (Å²) in [6, 6.07) is 2.89. The summed E-state index contributed by atoms with van der Waals surface area (Å²) < 4.78 is 0. The number of carboxylic acids is 1. The highest BCUT2D eigenvalue weighted by Gasteiger charge is 2.36. The number of likely N-dealkylation sites (tertiary alicyclic amines) is 1. The Balaban J connectivity index is 2.14. The first-order valence-electron chi connectivity index (χ1n) is 8.13. The summed E-state index contributed by atoms with van der Waals surface area (Å²) in [5, 5.41) is 12.4. The maximum Gasteiger partial charge on any atom is 0.326 e. The standard InChI is InChI=1S/C17H20Cl2N2O4/c1-2-4-13(17(24)25)20-15(22)14-5-3-6-21(14)16(23)10-7-11(18)9-12(19)8-10/h7-9,13-14H,2-6H2,1H3,(H,20,22)(H,24,25). The van der Waals surface area contributed by atoms with Gasteiger partial charge in [0.25, 0.3) is 5.91 Å². The van der Waals surface area contributed by atoms with Crippen LogP contribution in [-0.2, 0) is 9.59 Å². The monoisotopic (exact) mass is 386 g/mol. The van der Waals surface area contributed by atoms with Crippen molar-refractivity contribution in [1.29, 1.82) is 0 Å². The normalized spacial score (nSPS) is 18.0. The minimum Gasteiger partial charge on any atom is -0.480 e. The van der Waals surface area contributed by atoms with Gasteiger partial charge in [0.05, 0.1) is 0 Å². The molecule has 1 aliphatic heterocycles. The number of rotatable bonds is 6. The molecule has 25 heavy (non-hydrogen) atoms. The van der Waals surface area contributed by atoms with Gasteiger partial charge in [-0.25, -0.2) is 4.79 Å². The molecule has 6 nitrogen and oxygen atoms in total. The molecule has 2 atom stereocenters. The summed E-state index contributed by atoms with van der Waals surface area (Å²) in [6.07, 6.45) is 2.13. The molecule has 0 radical (unpaired) electrons. The van der Waals surface area contributed by atoms with Crippen molar-refractivity contribution in [3.63, 3.8) is 0 Å². The molecule has 1 saturated heterocycles. The van der Waals surface area contributed by atoms with Crippen LogP contribution in [0.3, 0.4) is 0 Å². The first-order chi connectivity index (χ1) is 11.8. The second-order valence-electron chi connectivity index (χ2n) is 6.00. The summed E-state index contributed by atoms with van der Waals surface area (Å²) in [4.78, 5) is 37.9. The lowest BCUT2D eigenvalue weighted by atomic mass is 10.1. The van der Waals surface area contributed by atoms with E-state index in [1.165, 1.54) is 23.1 Å². The molecule has 1 aromatic rings. The molecule has 136 valence electrons. The second kappa shape index (κ2) is 8.54. The molecule has 2 rings (SSSR count). The third-order valence-corrected chi connectivity index (χ3v) is 4.55. The van der Waals surface area contributed by atoms with Crippen molar-refractivity contribution >= 4 is 41.0 Å². The van der Waals surface area contributed by atoms with Crippen LogP contribution < -0.4 is 5.32 Å². The maximum absolute atomic E-state index is 12.7. The largest absolute Gasteiger partial charge is 0.480 e. The van der Waals surface area contributed by atoms with E-state index in [4.69, 9.17) is 23.2 Å². The van der Waals surface area contributed by atoms with E-state index in [1.807, 2.05) is 6.92 Å². The molecule has 1 heterocycles. The Bertz CT molecular complexity index is 660. The lowest BCUT2D eigenvalue weighted by Gasteiger charge is -2.25. The van der Waals surface area contributed by atoms with Crippen LogP contribution in [-0.4, -0.2) is 46.4 Å². The van der Waals surface area contributed by atoms with E-state index in [-0.39, 0.29) is 5.91 Å². The fraction of sp³-hybridized carbons (Fsp3) is 0.471. The first-order valence-corrected chi connectivity index (χ1v) is 8.89. The van der Waals surface area contributed by atoms with Crippen molar-refractivity contribution < 1.29 is 19.5 Å². The number of halogens is 2. The van der Waals surface area contributed by atoms with E-state index in [1.54, 1.807) is 0 Å². The number of nitrogens with one attached hydrogen (secondary N) is 1. The molecular weight excluding hydrogens is 367 g/mol. The topological polar surface area (TPSA) is 86.7 Å². The molecule has 2 N–H and O–H groups in total. The van der Waals surface area contributed by atoms with Crippen LogP contribution in [0, 0.1) is 0 Å². The summed E-state index contributed by atoms with van der Waals surface area (Å²) in [6.45, 7) is 2.27. The van der Waals surface area contributed by atoms with E-state index in [0.717, 1.165) is 0 Å². The Kier molecular flexibility index (Phi) is 6.67. The number of hydrogen-bond donors (Lipinski definition) is 2. The Morgan fingerprint density at radius 3 is 2.48 bits per heavy atom. The van der Waals surface area contributed by atoms with Crippen molar-refractivity contribution in [2.45, 2.75) is 44.7 Å². The van der Waals surface area contributed by atoms with Crippen LogP contribution in [0.1, 0.15) is 43.0 Å². The Labute approximate surface area is 156 Å². The van der Waals surface area contributed by atoms with Gasteiger partial charge in [-0.3, -0.25) is 9.59 Å². The van der Waals surface area contributed by atoms with Crippen LogP contribution in [0.4, 0.5) is 0 Å². The predicted octanol–water partition coefficient (Wildman–Crippen LogP) is 2.97. The quantitative estimate of drug-likeness (QED) is 0.786. The SMILES string of the molecule is CCCC(NC(=O)C1CCCN1C(=O)c1cc(Cl)cc(Cl)c1)C(=O)O. The van der Waals surface area contributed by atoms with Crippen LogP contribution >= 0.6 is 23.2 Å². The lowest BCUT2D eigenvalue weighted by Crippen LogP contribution is -2.50. The number of hydrogen-bond acceptors (Lipinski definition) is 3. The van der Waals surface area contributed by atoms with Crippen molar-refractivity contribution in [3.05, 3.63) is 33.8 Å². The van der Waals surface area contributed by atoms with Crippen LogP contribution in [0.15, 0.2) is 18.2 Å². The summed E-state index contributed by atoms with van der Waals surface area (Å²) in [7, 11) is 0. The fourth-order valence-corrected chi connectivity index (χ4v) is 3.47. The summed E-state index contributed by atoms with van der Waals surface area (Å²) in [5.41, 5.74) is 0.306. The van der Waals surface area contributed by atoms with Gasteiger partial charge in [0.1, 0.15) is 12.1 Å². The molecule has 0 aliphatic carbocycles. The second-order valence-corrected chi connectivity index (χ2v) is 6.88. The van der Waals surface area contributed by atoms with E-state index in [9.17, 15) is 19.5 Å². The van der Waals surface area contributed by atoms with Gasteiger partial charge in [-0.15, -0.1) is 0 Å². The fourth-order valence-electron chi connectivity index (χ4n) is 2.94. The van der Waals surface area contributed by atoms with Gasteiger partial charge in [0.2, 0.25) is 5.91 Å². The number of aliphatic carboxylic acids is 1. The van der Waals surface area contributed by atoms with Gasteiger partial charge in [-0.2, -0.15) is 0 Å². The highest BCUT2D eigenvalue weighted by atomic mass is 35.5. The number of benzene rings is 1. The molecule has 1 aliphatic rings. The van der Waals surface area contributed by atoms with E-state index >= 15 is 0 Å². The zero-order valence-electron chi connectivity index (χ0n) is 13.8. The number of nitrogens with zero attached hydrogens (tertiary/aromatic N) is 1. The molecule has 1 fully saturated rings. The van der Waals surface area contributed by atoms with Crippen molar-refractivity contribution in [2.24, 2.45) is 0 Å². The molecule has 0 aromatic heterocycles. The summed E-state index contributed by atoms with van der Waals surface area (Å²) >= 11 is 11.9. The minimum absolute atomic E-state index is 0.306. The van der Waals surface area contributed by atoms with E-state index in [0.29, 0.717) is 47.8 Å². The molecule has 2 unspecified atom stereocenters. The Morgan fingerprint density at radius 2 is 1.92 bits per heavy atom. The number of carbonyl (C=O) groups is 3. The van der Waals surface area contributed by atoms with Crippen molar-refractivity contribution in [3.8, 4) is 0 Å². The zero-order valence-corrected chi connectivity index (χ0v) is 15.3. The zero-order chi connectivity index (χ0) is 18.6. The molecular formula is C17H20Cl2N2O4. The average Bonchev–Trinajstić information content (AvgIpc) is 3.02. The molecule has 0 saturated carbocycles. The maximum atomic E-state index is 12.7. The molecule has 2 amide bonds. The minimum atomic E-state index is -1.08. The first kappa shape index (κ1) is 19.5. The van der Waals surface area contributed by atoms with Crippen LogP contribution in [0.25, 0.3) is 0 Å². The van der Waals surface area contributed by atoms with Gasteiger partial charge in [0.15, 0.2) is 0 Å². The smallest absolute Gasteiger partial charge is 0.326 e. The highest BCUT2D eigenvalue weighted by molar-refractivity contribution is 6.35. The van der Waals surface area contributed by atoms with Crippen molar-refractivity contribution in [1.82, 2.24) is 10.2 Å². The van der Waals surface area contributed by atoms with Crippen molar-refractivity contribution in [2.75, 3.05) is 6.54 Å². The Morgan fingerprint density at radius 1 is 1.28 bits per heavy atom. The third-order valence-electron chi connectivity index (χ3n) is 4.12. The summed E-state index contributed by atoms with van der Waals surface area (Å²) in [5.74, 6) is -1.86. The number of carbonyl (C=O) groups excluding carboxylic acids is 2. The van der Waals surface area contributed by atoms with E-state index in [2.05, 4.69) is 5.32 Å². The van der Waals surface area contributed by atoms with Gasteiger partial charge in [-0.05, 0) is 37.5 Å². The lowest BCUT2D eigenvalue weighted by molar-refractivity contribution is -0.142. The third kappa shape index (κ3) is 4.86. The predicted molar refractivity (Wildman–Crippen MR) is 95.0 cm³/mol. The average molecular weight is 387 g/mol.